The number of hydrogen-bond acceptors (Lipinski definition) is 4. The van der Waals surface area contributed by atoms with Gasteiger partial charge in [0.1, 0.15) is 11.3 Å². The lowest BCUT2D eigenvalue weighted by Crippen LogP contribution is -2.69. The second-order valence-corrected chi connectivity index (χ2v) is 8.21. The lowest BCUT2D eigenvalue weighted by molar-refractivity contribution is -0.244. The van der Waals surface area contributed by atoms with E-state index in [1.807, 2.05) is 25.7 Å². The van der Waals surface area contributed by atoms with Crippen LogP contribution in [0.3, 0.4) is 0 Å². The van der Waals surface area contributed by atoms with Gasteiger partial charge in [-0.15, -0.1) is 0 Å². The zero-order chi connectivity index (χ0) is 18.7. The molecule has 3 rings (SSSR count). The highest BCUT2D eigenvalue weighted by atomic mass is 16.6. The van der Waals surface area contributed by atoms with Crippen LogP contribution in [-0.4, -0.2) is 59.4 Å². The van der Waals surface area contributed by atoms with Crippen molar-refractivity contribution < 1.29 is 19.1 Å². The molecule has 3 aliphatic heterocycles. The number of nitrogens with zero attached hydrogens (tertiary/aromatic N) is 2. The van der Waals surface area contributed by atoms with Crippen LogP contribution in [0.15, 0.2) is 0 Å². The fourth-order valence-corrected chi connectivity index (χ4v) is 3.86. The van der Waals surface area contributed by atoms with Crippen molar-refractivity contribution in [2.45, 2.75) is 78.0 Å². The number of ether oxygens (including phenoxy) is 2. The Morgan fingerprint density at radius 2 is 2.00 bits per heavy atom. The van der Waals surface area contributed by atoms with Gasteiger partial charge in [-0.3, -0.25) is 4.79 Å². The number of rotatable bonds is 0. The van der Waals surface area contributed by atoms with Gasteiger partial charge in [0.05, 0.1) is 6.61 Å². The average Bonchev–Trinajstić information content (AvgIpc) is 2.53. The van der Waals surface area contributed by atoms with Gasteiger partial charge in [-0.2, -0.15) is 0 Å². The smallest absolute Gasteiger partial charge is 0.410 e. The van der Waals surface area contributed by atoms with Crippen molar-refractivity contribution in [2.24, 2.45) is 5.92 Å². The Labute approximate surface area is 151 Å². The van der Waals surface area contributed by atoms with Crippen LogP contribution in [-0.2, 0) is 14.3 Å². The van der Waals surface area contributed by atoms with Gasteiger partial charge in [0.2, 0.25) is 5.91 Å². The number of piperidine rings is 2. The fourth-order valence-electron chi connectivity index (χ4n) is 3.86. The third kappa shape index (κ3) is 4.46. The van der Waals surface area contributed by atoms with Crippen molar-refractivity contribution in [2.75, 3.05) is 26.2 Å². The largest absolute Gasteiger partial charge is 0.444 e. The van der Waals surface area contributed by atoms with Crippen molar-refractivity contribution in [3.63, 3.8) is 0 Å². The standard InChI is InChI=1S/C16H26N2O4.C3H8/c1-15(2,3)22-14(20)17-9-7-16-12(11-17)5-6-13(19)18(16)8-4-10-21-16;1-3-2/h12H,4-11H2,1-3H3;3H2,1-2H3/t12-,16-;/m1./s1. The molecule has 3 saturated heterocycles. The molecule has 0 N–H and O–H groups in total. The Hall–Kier alpha value is -1.30. The first-order chi connectivity index (χ1) is 11.7. The van der Waals surface area contributed by atoms with Crippen molar-refractivity contribution >= 4 is 12.0 Å². The van der Waals surface area contributed by atoms with Gasteiger partial charge in [-0.1, -0.05) is 20.3 Å². The van der Waals surface area contributed by atoms with E-state index < -0.39 is 11.3 Å². The van der Waals surface area contributed by atoms with E-state index in [0.717, 1.165) is 19.4 Å². The molecule has 0 radical (unpaired) electrons. The summed E-state index contributed by atoms with van der Waals surface area (Å²) in [6, 6.07) is 0. The van der Waals surface area contributed by atoms with Crippen molar-refractivity contribution in [1.82, 2.24) is 9.80 Å². The van der Waals surface area contributed by atoms with Gasteiger partial charge in [0.25, 0.3) is 0 Å². The molecular weight excluding hydrogens is 320 g/mol. The van der Waals surface area contributed by atoms with Crippen LogP contribution < -0.4 is 0 Å². The van der Waals surface area contributed by atoms with Crippen LogP contribution in [0, 0.1) is 5.92 Å². The number of hydrogen-bond donors (Lipinski definition) is 0. The quantitative estimate of drug-likeness (QED) is 0.669. The SMILES string of the molecule is CC(C)(C)OC(=O)N1CC[C@]23OCCCN2C(=O)CC[C@@H]3C1.CCC. The molecule has 2 atom stereocenters. The summed E-state index contributed by atoms with van der Waals surface area (Å²) in [6.07, 6.45) is 3.91. The highest BCUT2D eigenvalue weighted by Crippen LogP contribution is 2.43. The summed E-state index contributed by atoms with van der Waals surface area (Å²) in [7, 11) is 0. The van der Waals surface area contributed by atoms with Gasteiger partial charge < -0.3 is 19.3 Å². The molecule has 1 spiro atoms. The van der Waals surface area contributed by atoms with Crippen LogP contribution in [0.25, 0.3) is 0 Å². The first-order valence-corrected chi connectivity index (χ1v) is 9.66. The number of amides is 2. The summed E-state index contributed by atoms with van der Waals surface area (Å²) in [4.78, 5) is 28.2. The predicted octanol–water partition coefficient (Wildman–Crippen LogP) is 3.40. The Bertz CT molecular complexity index is 488. The number of likely N-dealkylation sites (tertiary alicyclic amines) is 1. The molecule has 3 heterocycles. The van der Waals surface area contributed by atoms with Gasteiger partial charge >= 0.3 is 6.09 Å². The Balaban J connectivity index is 0.000000701. The monoisotopic (exact) mass is 354 g/mol. The minimum atomic E-state index is -0.484. The minimum Gasteiger partial charge on any atom is -0.444 e. The topological polar surface area (TPSA) is 59.1 Å². The molecule has 144 valence electrons. The number of carbonyl (C=O) groups excluding carboxylic acids is 2. The maximum atomic E-state index is 12.3. The summed E-state index contributed by atoms with van der Waals surface area (Å²) in [6.45, 7) is 12.5. The van der Waals surface area contributed by atoms with E-state index in [0.29, 0.717) is 32.5 Å². The molecule has 3 fully saturated rings. The summed E-state index contributed by atoms with van der Waals surface area (Å²) < 4.78 is 11.6. The molecule has 6 nitrogen and oxygen atoms in total. The molecule has 0 aromatic carbocycles. The lowest BCUT2D eigenvalue weighted by Gasteiger charge is -2.57. The van der Waals surface area contributed by atoms with Gasteiger partial charge in [-0.25, -0.2) is 4.79 Å². The second-order valence-electron chi connectivity index (χ2n) is 8.21. The minimum absolute atomic E-state index is 0.187. The van der Waals surface area contributed by atoms with E-state index in [1.54, 1.807) is 4.90 Å². The predicted molar refractivity (Wildman–Crippen MR) is 96.1 cm³/mol. The van der Waals surface area contributed by atoms with Crippen LogP contribution in [0.2, 0.25) is 0 Å². The summed E-state index contributed by atoms with van der Waals surface area (Å²) in [5.74, 6) is 0.383. The Morgan fingerprint density at radius 1 is 1.32 bits per heavy atom. The van der Waals surface area contributed by atoms with Crippen LogP contribution in [0.4, 0.5) is 4.79 Å². The normalized spacial score (nSPS) is 29.2. The summed E-state index contributed by atoms with van der Waals surface area (Å²) in [5, 5.41) is 0. The molecular formula is C19H34N2O4. The zero-order valence-electron chi connectivity index (χ0n) is 16.5. The highest BCUT2D eigenvalue weighted by Gasteiger charge is 2.54. The van der Waals surface area contributed by atoms with E-state index in [9.17, 15) is 9.59 Å². The van der Waals surface area contributed by atoms with Gasteiger partial charge in [0, 0.05) is 38.4 Å². The second kappa shape index (κ2) is 7.94. The first-order valence-electron chi connectivity index (χ1n) is 9.66. The van der Waals surface area contributed by atoms with Crippen molar-refractivity contribution in [1.29, 1.82) is 0 Å². The van der Waals surface area contributed by atoms with Crippen LogP contribution in [0.5, 0.6) is 0 Å². The average molecular weight is 354 g/mol. The molecule has 0 saturated carbocycles. The van der Waals surface area contributed by atoms with E-state index in [1.165, 1.54) is 6.42 Å². The third-order valence-electron chi connectivity index (χ3n) is 4.81. The van der Waals surface area contributed by atoms with Gasteiger partial charge in [-0.05, 0) is 33.6 Å². The fraction of sp³-hybridized carbons (Fsp3) is 0.895. The molecule has 2 amide bonds. The molecule has 0 aliphatic carbocycles. The van der Waals surface area contributed by atoms with E-state index in [2.05, 4.69) is 13.8 Å². The summed E-state index contributed by atoms with van der Waals surface area (Å²) in [5.41, 5.74) is -0.964. The van der Waals surface area contributed by atoms with E-state index >= 15 is 0 Å². The maximum Gasteiger partial charge on any atom is 0.410 e. The Kier molecular flexibility index (Phi) is 6.35. The first kappa shape index (κ1) is 20.0. The van der Waals surface area contributed by atoms with Crippen molar-refractivity contribution in [3.05, 3.63) is 0 Å². The maximum absolute atomic E-state index is 12.3. The number of carbonyl (C=O) groups is 2. The molecule has 0 aromatic rings. The molecule has 0 unspecified atom stereocenters. The molecule has 3 aliphatic rings. The van der Waals surface area contributed by atoms with Crippen LogP contribution >= 0.6 is 0 Å². The third-order valence-corrected chi connectivity index (χ3v) is 4.81. The van der Waals surface area contributed by atoms with E-state index in [-0.39, 0.29) is 17.9 Å². The van der Waals surface area contributed by atoms with E-state index in [4.69, 9.17) is 9.47 Å². The summed E-state index contributed by atoms with van der Waals surface area (Å²) >= 11 is 0. The Morgan fingerprint density at radius 3 is 2.64 bits per heavy atom. The van der Waals surface area contributed by atoms with Gasteiger partial charge in [0.15, 0.2) is 0 Å². The molecule has 0 aromatic heterocycles. The highest BCUT2D eigenvalue weighted by molar-refractivity contribution is 5.78. The van der Waals surface area contributed by atoms with Crippen molar-refractivity contribution in [3.8, 4) is 0 Å². The zero-order valence-corrected chi connectivity index (χ0v) is 16.5. The molecule has 6 heteroatoms. The molecule has 25 heavy (non-hydrogen) atoms. The molecule has 0 bridgehead atoms. The van der Waals surface area contributed by atoms with Crippen LogP contribution in [0.1, 0.15) is 66.7 Å². The lowest BCUT2D eigenvalue weighted by atomic mass is 9.79.